The van der Waals surface area contributed by atoms with Crippen LogP contribution in [-0.4, -0.2) is 20.4 Å². The molecule has 0 radical (unpaired) electrons. The minimum Gasteiger partial charge on any atom is -0.360 e. The molecule has 27 heavy (non-hydrogen) atoms. The fourth-order valence-electron chi connectivity index (χ4n) is 3.24. The number of imidazole rings is 1. The van der Waals surface area contributed by atoms with E-state index in [1.807, 2.05) is 66.2 Å². The minimum atomic E-state index is 0.0902. The van der Waals surface area contributed by atoms with Gasteiger partial charge in [-0.25, -0.2) is 4.98 Å². The van der Waals surface area contributed by atoms with E-state index in [1.54, 1.807) is 0 Å². The molecule has 0 saturated heterocycles. The van der Waals surface area contributed by atoms with Crippen LogP contribution in [0.2, 0.25) is 0 Å². The van der Waals surface area contributed by atoms with E-state index >= 15 is 0 Å². The first-order valence-electron chi connectivity index (χ1n) is 9.01. The second kappa shape index (κ2) is 6.09. The van der Waals surface area contributed by atoms with E-state index in [0.717, 1.165) is 52.5 Å². The summed E-state index contributed by atoms with van der Waals surface area (Å²) in [5, 5.41) is 7.20. The van der Waals surface area contributed by atoms with E-state index in [0.29, 0.717) is 0 Å². The van der Waals surface area contributed by atoms with Gasteiger partial charge in [0.1, 0.15) is 17.1 Å². The third-order valence-corrected chi connectivity index (χ3v) is 4.84. The number of fused-ring (bicyclic) bond motifs is 1. The van der Waals surface area contributed by atoms with Gasteiger partial charge in [-0.05, 0) is 25.8 Å². The highest BCUT2D eigenvalue weighted by Gasteiger charge is 2.29. The van der Waals surface area contributed by atoms with Crippen molar-refractivity contribution >= 4 is 17.2 Å². The predicted molar refractivity (Wildman–Crippen MR) is 102 cm³/mol. The third kappa shape index (κ3) is 2.89. The standard InChI is InChI=1S/C21H18N4O2/c1-13-19(20(24-27-13)14-5-3-2-4-6-14)17-12-25-10-9-16(11-18(25)23-17)22-21(26)15-7-8-15/h2-6,9-12,15H,7-8H2,1H3,(H,22,26). The van der Waals surface area contributed by atoms with Crippen molar-refractivity contribution in [1.29, 1.82) is 0 Å². The molecule has 0 aliphatic heterocycles. The summed E-state index contributed by atoms with van der Waals surface area (Å²) in [7, 11) is 0. The zero-order valence-corrected chi connectivity index (χ0v) is 14.8. The second-order valence-corrected chi connectivity index (χ2v) is 6.90. The van der Waals surface area contributed by atoms with Crippen LogP contribution in [0.15, 0.2) is 59.4 Å². The summed E-state index contributed by atoms with van der Waals surface area (Å²) in [6.45, 7) is 1.89. The van der Waals surface area contributed by atoms with E-state index < -0.39 is 0 Å². The summed E-state index contributed by atoms with van der Waals surface area (Å²) in [4.78, 5) is 16.7. The molecule has 0 spiro atoms. The first kappa shape index (κ1) is 15.8. The summed E-state index contributed by atoms with van der Waals surface area (Å²) < 4.78 is 7.39. The zero-order valence-electron chi connectivity index (χ0n) is 14.8. The third-order valence-electron chi connectivity index (χ3n) is 4.84. The van der Waals surface area contributed by atoms with E-state index in [1.165, 1.54) is 0 Å². The number of hydrogen-bond donors (Lipinski definition) is 1. The molecule has 1 fully saturated rings. The molecule has 1 aliphatic rings. The lowest BCUT2D eigenvalue weighted by Crippen LogP contribution is -2.13. The Bertz CT molecular complexity index is 1140. The summed E-state index contributed by atoms with van der Waals surface area (Å²) >= 11 is 0. The Kier molecular flexibility index (Phi) is 3.57. The molecular weight excluding hydrogens is 340 g/mol. The number of pyridine rings is 1. The number of anilines is 1. The van der Waals surface area contributed by atoms with Gasteiger partial charge in [-0.15, -0.1) is 0 Å². The molecule has 0 bridgehead atoms. The Balaban J connectivity index is 1.54. The topological polar surface area (TPSA) is 72.4 Å². The normalized spacial score (nSPS) is 13.8. The largest absolute Gasteiger partial charge is 0.360 e. The van der Waals surface area contributed by atoms with Crippen molar-refractivity contribution in [3.8, 4) is 22.5 Å². The maximum Gasteiger partial charge on any atom is 0.227 e. The summed E-state index contributed by atoms with van der Waals surface area (Å²) in [6.07, 6.45) is 5.82. The number of amides is 1. The Morgan fingerprint density at radius 2 is 2.04 bits per heavy atom. The van der Waals surface area contributed by atoms with Crippen LogP contribution >= 0.6 is 0 Å². The average Bonchev–Trinajstić information content (AvgIpc) is 3.35. The van der Waals surface area contributed by atoms with E-state index in [4.69, 9.17) is 9.51 Å². The number of nitrogens with one attached hydrogen (secondary N) is 1. The Morgan fingerprint density at radius 1 is 1.22 bits per heavy atom. The number of aryl methyl sites for hydroxylation is 1. The van der Waals surface area contributed by atoms with E-state index in [9.17, 15) is 4.79 Å². The van der Waals surface area contributed by atoms with Crippen molar-refractivity contribution in [2.24, 2.45) is 5.92 Å². The first-order valence-corrected chi connectivity index (χ1v) is 9.01. The fourth-order valence-corrected chi connectivity index (χ4v) is 3.24. The van der Waals surface area contributed by atoms with Gasteiger partial charge in [0.25, 0.3) is 0 Å². The lowest BCUT2D eigenvalue weighted by Gasteiger charge is -2.03. The Hall–Kier alpha value is -3.41. The first-order chi connectivity index (χ1) is 13.2. The van der Waals surface area contributed by atoms with Crippen molar-refractivity contribution in [1.82, 2.24) is 14.5 Å². The number of hydrogen-bond acceptors (Lipinski definition) is 4. The van der Waals surface area contributed by atoms with Gasteiger partial charge in [0, 0.05) is 35.6 Å². The lowest BCUT2D eigenvalue weighted by molar-refractivity contribution is -0.117. The molecule has 1 N–H and O–H groups in total. The number of rotatable bonds is 4. The molecular formula is C21H18N4O2. The van der Waals surface area contributed by atoms with Gasteiger partial charge >= 0.3 is 0 Å². The van der Waals surface area contributed by atoms with Crippen LogP contribution < -0.4 is 5.32 Å². The van der Waals surface area contributed by atoms with Crippen molar-refractivity contribution in [3.05, 3.63) is 60.6 Å². The highest BCUT2D eigenvalue weighted by molar-refractivity contribution is 5.94. The van der Waals surface area contributed by atoms with Crippen LogP contribution in [0.25, 0.3) is 28.2 Å². The molecule has 1 aliphatic carbocycles. The van der Waals surface area contributed by atoms with Crippen LogP contribution in [0.5, 0.6) is 0 Å². The van der Waals surface area contributed by atoms with Crippen molar-refractivity contribution in [3.63, 3.8) is 0 Å². The van der Waals surface area contributed by atoms with Crippen LogP contribution in [0, 0.1) is 12.8 Å². The van der Waals surface area contributed by atoms with Gasteiger partial charge in [-0.2, -0.15) is 0 Å². The summed E-state index contributed by atoms with van der Waals surface area (Å²) in [5.41, 5.74) is 4.96. The molecule has 3 heterocycles. The molecule has 0 atom stereocenters. The van der Waals surface area contributed by atoms with Gasteiger partial charge in [0.05, 0.1) is 11.3 Å². The van der Waals surface area contributed by atoms with Crippen molar-refractivity contribution in [2.45, 2.75) is 19.8 Å². The van der Waals surface area contributed by atoms with Gasteiger partial charge in [-0.1, -0.05) is 35.5 Å². The van der Waals surface area contributed by atoms with E-state index in [-0.39, 0.29) is 11.8 Å². The monoisotopic (exact) mass is 358 g/mol. The number of carbonyl (C=O) groups excluding carboxylic acids is 1. The summed E-state index contributed by atoms with van der Waals surface area (Å²) in [5.74, 6) is 0.983. The Labute approximate surface area is 155 Å². The molecule has 1 amide bonds. The average molecular weight is 358 g/mol. The predicted octanol–water partition coefficient (Wildman–Crippen LogP) is 4.31. The second-order valence-electron chi connectivity index (χ2n) is 6.90. The van der Waals surface area contributed by atoms with Crippen LogP contribution in [0.4, 0.5) is 5.69 Å². The smallest absolute Gasteiger partial charge is 0.227 e. The molecule has 6 nitrogen and oxygen atoms in total. The fraction of sp³-hybridized carbons (Fsp3) is 0.190. The van der Waals surface area contributed by atoms with Gasteiger partial charge < -0.3 is 14.2 Å². The van der Waals surface area contributed by atoms with E-state index in [2.05, 4.69) is 10.5 Å². The number of nitrogens with zero attached hydrogens (tertiary/aromatic N) is 3. The SMILES string of the molecule is Cc1onc(-c2ccccc2)c1-c1cn2ccc(NC(=O)C3CC3)cc2n1. The maximum atomic E-state index is 12.0. The lowest BCUT2D eigenvalue weighted by atomic mass is 10.0. The quantitative estimate of drug-likeness (QED) is 0.590. The highest BCUT2D eigenvalue weighted by atomic mass is 16.5. The van der Waals surface area contributed by atoms with Gasteiger partial charge in [0.2, 0.25) is 5.91 Å². The summed E-state index contributed by atoms with van der Waals surface area (Å²) in [6, 6.07) is 13.7. The molecule has 4 aromatic rings. The molecule has 1 aromatic carbocycles. The van der Waals surface area contributed by atoms with Gasteiger partial charge in [-0.3, -0.25) is 4.79 Å². The van der Waals surface area contributed by atoms with Crippen molar-refractivity contribution < 1.29 is 9.32 Å². The maximum absolute atomic E-state index is 12.0. The van der Waals surface area contributed by atoms with Crippen molar-refractivity contribution in [2.75, 3.05) is 5.32 Å². The molecule has 134 valence electrons. The van der Waals surface area contributed by atoms with Crippen LogP contribution in [-0.2, 0) is 4.79 Å². The van der Waals surface area contributed by atoms with Crippen LogP contribution in [0.3, 0.4) is 0 Å². The molecule has 1 saturated carbocycles. The number of carbonyl (C=O) groups is 1. The zero-order chi connectivity index (χ0) is 18.4. The molecule has 5 rings (SSSR count). The molecule has 0 unspecified atom stereocenters. The Morgan fingerprint density at radius 3 is 2.81 bits per heavy atom. The highest BCUT2D eigenvalue weighted by Crippen LogP contribution is 2.34. The van der Waals surface area contributed by atoms with Gasteiger partial charge in [0.15, 0.2) is 0 Å². The molecule has 6 heteroatoms. The number of benzene rings is 1. The minimum absolute atomic E-state index is 0.0902. The van der Waals surface area contributed by atoms with Crippen LogP contribution in [0.1, 0.15) is 18.6 Å². The molecule has 3 aromatic heterocycles. The number of aromatic nitrogens is 3.